The summed E-state index contributed by atoms with van der Waals surface area (Å²) in [5, 5.41) is 0. The van der Waals surface area contributed by atoms with Crippen molar-refractivity contribution in [3.05, 3.63) is 17.3 Å². The van der Waals surface area contributed by atoms with Crippen LogP contribution >= 0.6 is 0 Å². The number of nitrogens with zero attached hydrogens (tertiary/aromatic N) is 1. The van der Waals surface area contributed by atoms with Crippen molar-refractivity contribution < 1.29 is 13.2 Å². The largest absolute Gasteiger partial charge is 0.478 e. The zero-order valence-electron chi connectivity index (χ0n) is 10.1. The van der Waals surface area contributed by atoms with E-state index in [1.165, 1.54) is 6.26 Å². The highest BCUT2D eigenvalue weighted by Gasteiger charge is 2.16. The van der Waals surface area contributed by atoms with Crippen LogP contribution in [0.15, 0.2) is 11.0 Å². The highest BCUT2D eigenvalue weighted by molar-refractivity contribution is 7.90. The van der Waals surface area contributed by atoms with E-state index in [4.69, 9.17) is 4.74 Å². The third kappa shape index (κ3) is 2.72. The number of rotatable bonds is 4. The molecule has 0 bridgehead atoms. The number of aromatic nitrogens is 1. The second-order valence-electron chi connectivity index (χ2n) is 3.61. The van der Waals surface area contributed by atoms with Crippen molar-refractivity contribution in [1.29, 1.82) is 0 Å². The van der Waals surface area contributed by atoms with Gasteiger partial charge >= 0.3 is 0 Å². The second-order valence-corrected chi connectivity index (χ2v) is 5.60. The van der Waals surface area contributed by atoms with Crippen molar-refractivity contribution in [3.63, 3.8) is 0 Å². The van der Waals surface area contributed by atoms with Crippen molar-refractivity contribution >= 4 is 9.84 Å². The van der Waals surface area contributed by atoms with Gasteiger partial charge in [-0.1, -0.05) is 6.92 Å². The van der Waals surface area contributed by atoms with Gasteiger partial charge in [-0.25, -0.2) is 13.4 Å². The quantitative estimate of drug-likeness (QED) is 0.808. The molecule has 0 aromatic carbocycles. The third-order valence-corrected chi connectivity index (χ3v) is 3.37. The number of ether oxygens (including phenoxy) is 1. The monoisotopic (exact) mass is 243 g/mol. The van der Waals surface area contributed by atoms with Crippen molar-refractivity contribution in [3.8, 4) is 5.88 Å². The van der Waals surface area contributed by atoms with Gasteiger partial charge in [0.25, 0.3) is 0 Å². The van der Waals surface area contributed by atoms with Crippen molar-refractivity contribution in [2.24, 2.45) is 0 Å². The lowest BCUT2D eigenvalue weighted by molar-refractivity contribution is 0.322. The smallest absolute Gasteiger partial charge is 0.216 e. The van der Waals surface area contributed by atoms with Gasteiger partial charge in [-0.15, -0.1) is 0 Å². The molecule has 0 atom stereocenters. The van der Waals surface area contributed by atoms with E-state index in [0.29, 0.717) is 29.5 Å². The molecule has 1 rings (SSSR count). The summed E-state index contributed by atoms with van der Waals surface area (Å²) >= 11 is 0. The van der Waals surface area contributed by atoms with Gasteiger partial charge in [0.05, 0.1) is 17.2 Å². The molecule has 0 fully saturated rings. The standard InChI is InChI=1S/C11H17NO3S/c1-5-9-10(16(4,13)14)7-8(3)11(12-9)15-6-2/h7H,5-6H2,1-4H3. The molecule has 0 aliphatic rings. The maximum Gasteiger partial charge on any atom is 0.216 e. The molecule has 1 aromatic heterocycles. The Hall–Kier alpha value is -1.10. The Morgan fingerprint density at radius 1 is 1.38 bits per heavy atom. The summed E-state index contributed by atoms with van der Waals surface area (Å²) in [6.45, 7) is 6.07. The SMILES string of the molecule is CCOc1nc(CC)c(S(C)(=O)=O)cc1C. The number of hydrogen-bond donors (Lipinski definition) is 0. The lowest BCUT2D eigenvalue weighted by Crippen LogP contribution is -2.07. The van der Waals surface area contributed by atoms with Crippen LogP contribution in [0.5, 0.6) is 5.88 Å². The van der Waals surface area contributed by atoms with Gasteiger partial charge in [0, 0.05) is 11.8 Å². The Bertz CT molecular complexity index is 480. The van der Waals surface area contributed by atoms with Gasteiger partial charge in [-0.05, 0) is 26.3 Å². The average molecular weight is 243 g/mol. The lowest BCUT2D eigenvalue weighted by Gasteiger charge is -2.11. The fourth-order valence-electron chi connectivity index (χ4n) is 1.46. The number of aryl methyl sites for hydroxylation is 2. The Morgan fingerprint density at radius 2 is 2.00 bits per heavy atom. The molecule has 0 aliphatic heterocycles. The summed E-state index contributed by atoms with van der Waals surface area (Å²) < 4.78 is 28.4. The first-order chi connectivity index (χ1) is 7.40. The van der Waals surface area contributed by atoms with E-state index in [1.807, 2.05) is 13.8 Å². The molecule has 0 unspecified atom stereocenters. The summed E-state index contributed by atoms with van der Waals surface area (Å²) in [6.07, 6.45) is 1.77. The van der Waals surface area contributed by atoms with Gasteiger partial charge in [0.2, 0.25) is 5.88 Å². The minimum atomic E-state index is -3.22. The summed E-state index contributed by atoms with van der Waals surface area (Å²) in [6, 6.07) is 1.63. The minimum Gasteiger partial charge on any atom is -0.478 e. The van der Waals surface area contributed by atoms with Crippen LogP contribution in [0.2, 0.25) is 0 Å². The van der Waals surface area contributed by atoms with Crippen molar-refractivity contribution in [2.75, 3.05) is 12.9 Å². The van der Waals surface area contributed by atoms with Crippen LogP contribution in [0.4, 0.5) is 0 Å². The molecule has 0 N–H and O–H groups in total. The van der Waals surface area contributed by atoms with Crippen LogP contribution in [0.1, 0.15) is 25.1 Å². The van der Waals surface area contributed by atoms with Crippen LogP contribution in [0.3, 0.4) is 0 Å². The van der Waals surface area contributed by atoms with Crippen LogP contribution in [0.25, 0.3) is 0 Å². The lowest BCUT2D eigenvalue weighted by atomic mass is 10.2. The summed E-state index contributed by atoms with van der Waals surface area (Å²) in [5.41, 5.74) is 1.32. The Balaban J connectivity index is 3.38. The first kappa shape index (κ1) is 13.0. The van der Waals surface area contributed by atoms with Crippen LogP contribution in [-0.2, 0) is 16.3 Å². The highest BCUT2D eigenvalue weighted by atomic mass is 32.2. The van der Waals surface area contributed by atoms with Gasteiger partial charge < -0.3 is 4.74 Å². The Morgan fingerprint density at radius 3 is 2.44 bits per heavy atom. The van der Waals surface area contributed by atoms with E-state index in [0.717, 1.165) is 5.56 Å². The molecule has 0 aliphatic carbocycles. The highest BCUT2D eigenvalue weighted by Crippen LogP contribution is 2.23. The van der Waals surface area contributed by atoms with Gasteiger partial charge in [-0.3, -0.25) is 0 Å². The normalized spacial score (nSPS) is 11.5. The van der Waals surface area contributed by atoms with Crippen molar-refractivity contribution in [1.82, 2.24) is 4.98 Å². The molecule has 16 heavy (non-hydrogen) atoms. The van der Waals surface area contributed by atoms with Gasteiger partial charge in [0.15, 0.2) is 9.84 Å². The summed E-state index contributed by atoms with van der Waals surface area (Å²) in [7, 11) is -3.22. The Labute approximate surface area is 96.6 Å². The second kappa shape index (κ2) is 4.82. The van der Waals surface area contributed by atoms with E-state index in [2.05, 4.69) is 4.98 Å². The number of pyridine rings is 1. The van der Waals surface area contributed by atoms with E-state index < -0.39 is 9.84 Å². The fraction of sp³-hybridized carbons (Fsp3) is 0.545. The molecule has 5 heteroatoms. The topological polar surface area (TPSA) is 56.3 Å². The van der Waals surface area contributed by atoms with E-state index in [9.17, 15) is 8.42 Å². The predicted octanol–water partition coefficient (Wildman–Crippen LogP) is 1.75. The molecule has 0 saturated heterocycles. The zero-order valence-corrected chi connectivity index (χ0v) is 10.9. The number of sulfone groups is 1. The molecule has 4 nitrogen and oxygen atoms in total. The van der Waals surface area contributed by atoms with Crippen LogP contribution in [-0.4, -0.2) is 26.3 Å². The number of hydrogen-bond acceptors (Lipinski definition) is 4. The molecule has 0 saturated carbocycles. The fourth-order valence-corrected chi connectivity index (χ4v) is 2.47. The zero-order chi connectivity index (χ0) is 12.3. The first-order valence-electron chi connectivity index (χ1n) is 5.23. The molecule has 90 valence electrons. The molecule has 0 amide bonds. The minimum absolute atomic E-state index is 0.302. The van der Waals surface area contributed by atoms with Crippen LogP contribution < -0.4 is 4.74 Å². The maximum absolute atomic E-state index is 11.6. The third-order valence-electron chi connectivity index (χ3n) is 2.22. The molecular formula is C11H17NO3S. The molecule has 0 radical (unpaired) electrons. The van der Waals surface area contributed by atoms with E-state index in [-0.39, 0.29) is 0 Å². The van der Waals surface area contributed by atoms with Crippen molar-refractivity contribution in [2.45, 2.75) is 32.1 Å². The van der Waals surface area contributed by atoms with E-state index >= 15 is 0 Å². The van der Waals surface area contributed by atoms with Crippen LogP contribution in [0, 0.1) is 6.92 Å². The summed E-state index contributed by atoms with van der Waals surface area (Å²) in [4.78, 5) is 4.55. The Kier molecular flexibility index (Phi) is 3.91. The summed E-state index contributed by atoms with van der Waals surface area (Å²) in [5.74, 6) is 0.520. The average Bonchev–Trinajstić information content (AvgIpc) is 2.19. The van der Waals surface area contributed by atoms with E-state index in [1.54, 1.807) is 13.0 Å². The van der Waals surface area contributed by atoms with Gasteiger partial charge in [0.1, 0.15) is 0 Å². The molecule has 1 heterocycles. The first-order valence-corrected chi connectivity index (χ1v) is 7.12. The van der Waals surface area contributed by atoms with Gasteiger partial charge in [-0.2, -0.15) is 0 Å². The maximum atomic E-state index is 11.6. The molecule has 0 spiro atoms. The molecule has 1 aromatic rings. The predicted molar refractivity (Wildman–Crippen MR) is 62.6 cm³/mol. The molecular weight excluding hydrogens is 226 g/mol.